The molecule has 0 radical (unpaired) electrons. The van der Waals surface area contributed by atoms with E-state index in [1.165, 1.54) is 29.3 Å². The third kappa shape index (κ3) is 4.78. The van der Waals surface area contributed by atoms with Gasteiger partial charge in [0.05, 0.1) is 16.3 Å². The molecule has 0 heterocycles. The molecular weight excluding hydrogens is 386 g/mol. The van der Waals surface area contributed by atoms with Crippen LogP contribution in [0.15, 0.2) is 89.8 Å². The van der Waals surface area contributed by atoms with Gasteiger partial charge in [0.1, 0.15) is 0 Å². The van der Waals surface area contributed by atoms with Gasteiger partial charge in [0.15, 0.2) is 0 Å². The lowest BCUT2D eigenvalue weighted by atomic mass is 10.2. The van der Waals surface area contributed by atoms with Gasteiger partial charge in [0.25, 0.3) is 10.0 Å². The van der Waals surface area contributed by atoms with E-state index in [9.17, 15) is 13.2 Å². The molecule has 0 saturated heterocycles. The third-order valence-corrected chi connectivity index (χ3v) is 5.19. The van der Waals surface area contributed by atoms with Gasteiger partial charge in [-0.15, -0.1) is 0 Å². The molecule has 3 aromatic carbocycles. The van der Waals surface area contributed by atoms with E-state index in [4.69, 9.17) is 11.6 Å². The van der Waals surface area contributed by atoms with Crippen LogP contribution in [0.25, 0.3) is 0 Å². The van der Waals surface area contributed by atoms with Gasteiger partial charge in [-0.2, -0.15) is 0 Å². The van der Waals surface area contributed by atoms with E-state index in [0.717, 1.165) is 0 Å². The summed E-state index contributed by atoms with van der Waals surface area (Å²) in [5.74, 6) is 0. The van der Waals surface area contributed by atoms with Gasteiger partial charge >= 0.3 is 6.03 Å². The van der Waals surface area contributed by atoms with Crippen molar-refractivity contribution in [2.24, 2.45) is 0 Å². The predicted molar refractivity (Wildman–Crippen MR) is 105 cm³/mol. The van der Waals surface area contributed by atoms with E-state index in [0.29, 0.717) is 16.4 Å². The fourth-order valence-electron chi connectivity index (χ4n) is 2.35. The van der Waals surface area contributed by atoms with Crippen molar-refractivity contribution in [3.05, 3.63) is 90.0 Å². The van der Waals surface area contributed by atoms with Gasteiger partial charge < -0.3 is 0 Å². The summed E-state index contributed by atoms with van der Waals surface area (Å²) in [6.07, 6.45) is 0. The Morgan fingerprint density at radius 1 is 0.778 bits per heavy atom. The average molecular weight is 402 g/mol. The summed E-state index contributed by atoms with van der Waals surface area (Å²) in [6, 6.07) is 22.8. The number of urea groups is 1. The Labute approximate surface area is 162 Å². The number of amides is 2. The van der Waals surface area contributed by atoms with Gasteiger partial charge in [-0.3, -0.25) is 5.01 Å². The van der Waals surface area contributed by atoms with Crippen LogP contribution in [0.1, 0.15) is 0 Å². The van der Waals surface area contributed by atoms with E-state index >= 15 is 0 Å². The first-order chi connectivity index (χ1) is 13.0. The molecule has 0 aromatic heterocycles. The first-order valence-corrected chi connectivity index (χ1v) is 9.81. The van der Waals surface area contributed by atoms with Crippen LogP contribution in [-0.2, 0) is 10.0 Å². The van der Waals surface area contributed by atoms with Crippen LogP contribution in [0, 0.1) is 0 Å². The van der Waals surface area contributed by atoms with E-state index in [1.54, 1.807) is 24.3 Å². The summed E-state index contributed by atoms with van der Waals surface area (Å²) in [7, 11) is -4.03. The molecule has 3 aromatic rings. The standard InChI is InChI=1S/C19H16ClN3O3S/c20-15-11-13-18(14-12-15)27(25,26)22-19(24)21-23(16-7-3-1-4-8-16)17-9-5-2-6-10-17/h1-14H,(H2,21,22,24). The molecule has 0 atom stereocenters. The number of nitrogens with zero attached hydrogens (tertiary/aromatic N) is 1. The summed E-state index contributed by atoms with van der Waals surface area (Å²) in [4.78, 5) is 12.3. The summed E-state index contributed by atoms with van der Waals surface area (Å²) >= 11 is 5.77. The molecule has 0 aliphatic heterocycles. The SMILES string of the molecule is O=C(NN(c1ccccc1)c1ccccc1)NS(=O)(=O)c1ccc(Cl)cc1. The molecule has 0 saturated carbocycles. The Balaban J connectivity index is 1.82. The minimum absolute atomic E-state index is 0.0620. The Morgan fingerprint density at radius 3 is 1.74 bits per heavy atom. The maximum Gasteiger partial charge on any atom is 0.347 e. The van der Waals surface area contributed by atoms with Crippen LogP contribution in [0.3, 0.4) is 0 Å². The van der Waals surface area contributed by atoms with Crippen molar-refractivity contribution in [2.45, 2.75) is 4.90 Å². The molecule has 0 unspecified atom stereocenters. The Kier molecular flexibility index (Phi) is 5.63. The first-order valence-electron chi connectivity index (χ1n) is 7.95. The largest absolute Gasteiger partial charge is 0.347 e. The lowest BCUT2D eigenvalue weighted by molar-refractivity contribution is 0.246. The van der Waals surface area contributed by atoms with Crippen molar-refractivity contribution in [3.63, 3.8) is 0 Å². The fourth-order valence-corrected chi connectivity index (χ4v) is 3.38. The second-order valence-corrected chi connectivity index (χ2v) is 7.63. The predicted octanol–water partition coefficient (Wildman–Crippen LogP) is 4.08. The molecule has 0 aliphatic rings. The van der Waals surface area contributed by atoms with Gasteiger partial charge in [-0.1, -0.05) is 48.0 Å². The minimum atomic E-state index is -4.03. The zero-order valence-electron chi connectivity index (χ0n) is 14.0. The van der Waals surface area contributed by atoms with Gasteiger partial charge in [-0.25, -0.2) is 23.4 Å². The maximum absolute atomic E-state index is 12.4. The highest BCUT2D eigenvalue weighted by Gasteiger charge is 2.20. The third-order valence-electron chi connectivity index (χ3n) is 3.59. The molecule has 27 heavy (non-hydrogen) atoms. The molecule has 0 bridgehead atoms. The summed E-state index contributed by atoms with van der Waals surface area (Å²) in [5, 5.41) is 1.89. The number of anilines is 2. The maximum atomic E-state index is 12.4. The Hall–Kier alpha value is -3.03. The number of hydrogen-bond acceptors (Lipinski definition) is 4. The monoisotopic (exact) mass is 401 g/mol. The van der Waals surface area contributed by atoms with E-state index < -0.39 is 16.1 Å². The highest BCUT2D eigenvalue weighted by atomic mass is 35.5. The van der Waals surface area contributed by atoms with Gasteiger partial charge in [0, 0.05) is 5.02 Å². The van der Waals surface area contributed by atoms with Crippen molar-refractivity contribution in [1.29, 1.82) is 0 Å². The lowest BCUT2D eigenvalue weighted by Crippen LogP contribution is -2.47. The molecule has 2 amide bonds. The van der Waals surface area contributed by atoms with Crippen molar-refractivity contribution < 1.29 is 13.2 Å². The van der Waals surface area contributed by atoms with E-state index in [2.05, 4.69) is 5.43 Å². The molecule has 0 fully saturated rings. The van der Waals surface area contributed by atoms with Crippen LogP contribution in [0.4, 0.5) is 16.2 Å². The summed E-state index contributed by atoms with van der Waals surface area (Å²) < 4.78 is 26.7. The zero-order chi connectivity index (χ0) is 19.3. The second kappa shape index (κ2) is 8.11. The number of hydrazine groups is 1. The number of carbonyl (C=O) groups excluding carboxylic acids is 1. The molecule has 2 N–H and O–H groups in total. The molecule has 0 spiro atoms. The number of hydrogen-bond donors (Lipinski definition) is 2. The molecular formula is C19H16ClN3O3S. The zero-order valence-corrected chi connectivity index (χ0v) is 15.6. The van der Waals surface area contributed by atoms with Crippen LogP contribution in [0.5, 0.6) is 0 Å². The topological polar surface area (TPSA) is 78.5 Å². The number of para-hydroxylation sites is 2. The van der Waals surface area contributed by atoms with Gasteiger partial charge in [0.2, 0.25) is 0 Å². The number of halogens is 1. The van der Waals surface area contributed by atoms with Crippen LogP contribution in [-0.4, -0.2) is 14.4 Å². The van der Waals surface area contributed by atoms with Crippen molar-refractivity contribution in [1.82, 2.24) is 10.1 Å². The molecule has 138 valence electrons. The molecule has 0 aliphatic carbocycles. The van der Waals surface area contributed by atoms with Crippen molar-refractivity contribution >= 4 is 39.0 Å². The number of benzene rings is 3. The number of sulfonamides is 1. The highest BCUT2D eigenvalue weighted by molar-refractivity contribution is 7.90. The van der Waals surface area contributed by atoms with E-state index in [1.807, 2.05) is 41.1 Å². The lowest BCUT2D eigenvalue weighted by Gasteiger charge is -2.25. The summed E-state index contributed by atoms with van der Waals surface area (Å²) in [6.45, 7) is 0. The Morgan fingerprint density at radius 2 is 1.26 bits per heavy atom. The van der Waals surface area contributed by atoms with Crippen molar-refractivity contribution in [2.75, 3.05) is 5.01 Å². The number of carbonyl (C=O) groups is 1. The average Bonchev–Trinajstić information content (AvgIpc) is 2.67. The van der Waals surface area contributed by atoms with Crippen molar-refractivity contribution in [3.8, 4) is 0 Å². The first kappa shape index (κ1) is 18.8. The van der Waals surface area contributed by atoms with E-state index in [-0.39, 0.29) is 4.90 Å². The minimum Gasteiger partial charge on any atom is -0.252 e. The van der Waals surface area contributed by atoms with Crippen LogP contribution in [0.2, 0.25) is 5.02 Å². The van der Waals surface area contributed by atoms with Gasteiger partial charge in [-0.05, 0) is 48.5 Å². The second-order valence-electron chi connectivity index (χ2n) is 5.51. The van der Waals surface area contributed by atoms with Crippen LogP contribution >= 0.6 is 11.6 Å². The molecule has 6 nitrogen and oxygen atoms in total. The summed E-state index contributed by atoms with van der Waals surface area (Å²) in [5.41, 5.74) is 3.90. The normalized spacial score (nSPS) is 10.9. The number of rotatable bonds is 5. The quantitative estimate of drug-likeness (QED) is 0.631. The smallest absolute Gasteiger partial charge is 0.252 e. The molecule has 3 rings (SSSR count). The Bertz CT molecular complexity index is 972. The number of nitrogens with one attached hydrogen (secondary N) is 2. The van der Waals surface area contributed by atoms with Crippen LogP contribution < -0.4 is 15.2 Å². The fraction of sp³-hybridized carbons (Fsp3) is 0. The highest BCUT2D eigenvalue weighted by Crippen LogP contribution is 2.22. The molecule has 8 heteroatoms.